The number of carboxylic acids is 1. The highest BCUT2D eigenvalue weighted by molar-refractivity contribution is 5.94. The first-order chi connectivity index (χ1) is 9.38. The molecule has 3 amide bonds. The van der Waals surface area contributed by atoms with Crippen LogP contribution in [-0.2, 0) is 14.3 Å². The molecule has 1 saturated heterocycles. The number of carbonyl (C=O) groups excluding carboxylic acids is 2. The predicted octanol–water partition coefficient (Wildman–Crippen LogP) is 0.834. The Morgan fingerprint density at radius 3 is 2.65 bits per heavy atom. The van der Waals surface area contributed by atoms with Gasteiger partial charge in [0.05, 0.1) is 6.10 Å². The number of nitrogens with zero attached hydrogens (tertiary/aromatic N) is 1. The lowest BCUT2D eigenvalue weighted by molar-refractivity contribution is -0.138. The molecule has 1 heterocycles. The third-order valence-corrected chi connectivity index (χ3v) is 3.15. The van der Waals surface area contributed by atoms with Gasteiger partial charge in [-0.2, -0.15) is 0 Å². The normalized spacial score (nSPS) is 19.4. The summed E-state index contributed by atoms with van der Waals surface area (Å²) in [4.78, 5) is 35.3. The Bertz CT molecular complexity index is 366. The third-order valence-electron chi connectivity index (χ3n) is 3.15. The highest BCUT2D eigenvalue weighted by Gasteiger charge is 2.21. The van der Waals surface area contributed by atoms with Crippen LogP contribution >= 0.6 is 0 Å². The Morgan fingerprint density at radius 2 is 2.10 bits per heavy atom. The van der Waals surface area contributed by atoms with Crippen LogP contribution in [0.1, 0.15) is 32.6 Å². The number of nitrogens with one attached hydrogen (secondary N) is 1. The zero-order chi connectivity index (χ0) is 15.1. The van der Waals surface area contributed by atoms with Gasteiger partial charge in [-0.05, 0) is 18.8 Å². The van der Waals surface area contributed by atoms with Gasteiger partial charge in [0.15, 0.2) is 0 Å². The van der Waals surface area contributed by atoms with Gasteiger partial charge in [0, 0.05) is 33.0 Å². The first-order valence-corrected chi connectivity index (χ1v) is 6.76. The maximum atomic E-state index is 11.8. The number of likely N-dealkylation sites (N-methyl/N-ethyl adjacent to an activating group) is 1. The summed E-state index contributed by atoms with van der Waals surface area (Å²) in [5.41, 5.74) is 0. The second-order valence-electron chi connectivity index (χ2n) is 5.28. The molecule has 0 aromatic carbocycles. The van der Waals surface area contributed by atoms with Gasteiger partial charge in [-0.25, -0.2) is 4.79 Å². The van der Waals surface area contributed by atoms with E-state index in [-0.39, 0.29) is 24.9 Å². The van der Waals surface area contributed by atoms with E-state index in [1.54, 1.807) is 14.0 Å². The van der Waals surface area contributed by atoms with Crippen molar-refractivity contribution in [1.82, 2.24) is 10.2 Å². The van der Waals surface area contributed by atoms with E-state index in [1.165, 1.54) is 4.90 Å². The molecule has 0 bridgehead atoms. The highest BCUT2D eigenvalue weighted by Crippen LogP contribution is 2.12. The van der Waals surface area contributed by atoms with Crippen molar-refractivity contribution >= 4 is 17.9 Å². The maximum absolute atomic E-state index is 11.8. The van der Waals surface area contributed by atoms with Gasteiger partial charge in [0.25, 0.3) is 0 Å². The molecular weight excluding hydrogens is 264 g/mol. The molecule has 7 heteroatoms. The van der Waals surface area contributed by atoms with E-state index >= 15 is 0 Å². The lowest BCUT2D eigenvalue weighted by Crippen LogP contribution is -2.44. The minimum absolute atomic E-state index is 0.0197. The number of aliphatic carboxylic acids is 1. The summed E-state index contributed by atoms with van der Waals surface area (Å²) in [6.07, 6.45) is 1.87. The molecule has 0 aromatic heterocycles. The van der Waals surface area contributed by atoms with Gasteiger partial charge in [0.1, 0.15) is 0 Å². The van der Waals surface area contributed by atoms with E-state index in [0.717, 1.165) is 12.8 Å². The van der Waals surface area contributed by atoms with Crippen molar-refractivity contribution in [3.63, 3.8) is 0 Å². The van der Waals surface area contributed by atoms with Crippen molar-refractivity contribution in [2.24, 2.45) is 5.92 Å². The van der Waals surface area contributed by atoms with E-state index in [4.69, 9.17) is 9.84 Å². The van der Waals surface area contributed by atoms with E-state index in [1.807, 2.05) is 0 Å². The second-order valence-corrected chi connectivity index (χ2v) is 5.28. The van der Waals surface area contributed by atoms with Gasteiger partial charge in [-0.3, -0.25) is 14.9 Å². The molecule has 20 heavy (non-hydrogen) atoms. The molecule has 0 aliphatic carbocycles. The number of hydrogen-bond acceptors (Lipinski definition) is 4. The van der Waals surface area contributed by atoms with Crippen LogP contribution in [0.3, 0.4) is 0 Å². The molecule has 0 spiro atoms. The van der Waals surface area contributed by atoms with Crippen LogP contribution in [0.4, 0.5) is 4.79 Å². The van der Waals surface area contributed by atoms with Crippen LogP contribution in [0.2, 0.25) is 0 Å². The molecule has 0 saturated carbocycles. The van der Waals surface area contributed by atoms with Crippen LogP contribution in [0.25, 0.3) is 0 Å². The average Bonchev–Trinajstić information content (AvgIpc) is 2.79. The van der Waals surface area contributed by atoms with Crippen LogP contribution in [0, 0.1) is 5.92 Å². The fourth-order valence-electron chi connectivity index (χ4n) is 2.13. The molecule has 0 aromatic rings. The zero-order valence-corrected chi connectivity index (χ0v) is 11.9. The van der Waals surface area contributed by atoms with Crippen molar-refractivity contribution in [3.05, 3.63) is 0 Å². The van der Waals surface area contributed by atoms with Crippen LogP contribution in [0.5, 0.6) is 0 Å². The molecule has 2 unspecified atom stereocenters. The van der Waals surface area contributed by atoms with Crippen LogP contribution in [-0.4, -0.2) is 54.2 Å². The lowest BCUT2D eigenvalue weighted by Gasteiger charge is -2.21. The Morgan fingerprint density at radius 1 is 1.40 bits per heavy atom. The van der Waals surface area contributed by atoms with Gasteiger partial charge in [0.2, 0.25) is 5.91 Å². The van der Waals surface area contributed by atoms with Gasteiger partial charge in [-0.1, -0.05) is 6.92 Å². The lowest BCUT2D eigenvalue weighted by atomic mass is 10.0. The summed E-state index contributed by atoms with van der Waals surface area (Å²) in [5.74, 6) is -1.71. The number of carboxylic acid groups (broad SMARTS) is 1. The Balaban J connectivity index is 2.29. The number of amides is 3. The first kappa shape index (κ1) is 16.4. The van der Waals surface area contributed by atoms with Crippen LogP contribution < -0.4 is 5.32 Å². The van der Waals surface area contributed by atoms with E-state index < -0.39 is 17.9 Å². The number of urea groups is 1. The molecule has 1 rings (SSSR count). The first-order valence-electron chi connectivity index (χ1n) is 6.76. The Kier molecular flexibility index (Phi) is 6.44. The number of carbonyl (C=O) groups is 3. The van der Waals surface area contributed by atoms with Crippen molar-refractivity contribution in [2.75, 3.05) is 20.2 Å². The van der Waals surface area contributed by atoms with Crippen molar-refractivity contribution in [1.29, 1.82) is 0 Å². The molecule has 0 radical (unpaired) electrons. The minimum Gasteiger partial charge on any atom is -0.481 e. The fraction of sp³-hybridized carbons (Fsp3) is 0.769. The summed E-state index contributed by atoms with van der Waals surface area (Å²) in [7, 11) is 1.60. The predicted molar refractivity (Wildman–Crippen MR) is 71.2 cm³/mol. The van der Waals surface area contributed by atoms with Crippen molar-refractivity contribution < 1.29 is 24.2 Å². The topological polar surface area (TPSA) is 95.9 Å². The summed E-state index contributed by atoms with van der Waals surface area (Å²) >= 11 is 0. The van der Waals surface area contributed by atoms with Crippen LogP contribution in [0.15, 0.2) is 0 Å². The summed E-state index contributed by atoms with van der Waals surface area (Å²) in [5, 5.41) is 10.9. The summed E-state index contributed by atoms with van der Waals surface area (Å²) in [6.45, 7) is 2.82. The summed E-state index contributed by atoms with van der Waals surface area (Å²) < 4.78 is 5.42. The number of hydrogen-bond donors (Lipinski definition) is 2. The molecule has 1 aliphatic rings. The van der Waals surface area contributed by atoms with Gasteiger partial charge in [-0.15, -0.1) is 0 Å². The second kappa shape index (κ2) is 7.84. The molecule has 2 N–H and O–H groups in total. The largest absolute Gasteiger partial charge is 0.481 e. The number of rotatable bonds is 6. The SMILES string of the molecule is CC(CC(=O)O)CC(=O)NC(=O)N(C)CC1CCCO1. The van der Waals surface area contributed by atoms with Crippen molar-refractivity contribution in [2.45, 2.75) is 38.7 Å². The fourth-order valence-corrected chi connectivity index (χ4v) is 2.13. The maximum Gasteiger partial charge on any atom is 0.323 e. The monoisotopic (exact) mass is 286 g/mol. The molecular formula is C13H22N2O5. The minimum atomic E-state index is -0.952. The van der Waals surface area contributed by atoms with Gasteiger partial charge < -0.3 is 14.7 Å². The Hall–Kier alpha value is -1.63. The molecule has 7 nitrogen and oxygen atoms in total. The zero-order valence-electron chi connectivity index (χ0n) is 11.9. The smallest absolute Gasteiger partial charge is 0.323 e. The standard InChI is InChI=1S/C13H22N2O5/c1-9(7-12(17)18)6-11(16)14-13(19)15(2)8-10-4-3-5-20-10/h9-10H,3-8H2,1-2H3,(H,17,18)(H,14,16,19). The Labute approximate surface area is 118 Å². The molecule has 114 valence electrons. The third kappa shape index (κ3) is 6.01. The van der Waals surface area contributed by atoms with Gasteiger partial charge >= 0.3 is 12.0 Å². The number of imide groups is 1. The van der Waals surface area contributed by atoms with E-state index in [0.29, 0.717) is 13.2 Å². The average molecular weight is 286 g/mol. The van der Waals surface area contributed by atoms with Crippen molar-refractivity contribution in [3.8, 4) is 0 Å². The number of ether oxygens (including phenoxy) is 1. The highest BCUT2D eigenvalue weighted by atomic mass is 16.5. The molecule has 2 atom stereocenters. The molecule has 1 aliphatic heterocycles. The molecule has 1 fully saturated rings. The van der Waals surface area contributed by atoms with E-state index in [9.17, 15) is 14.4 Å². The quantitative estimate of drug-likeness (QED) is 0.754. The summed E-state index contributed by atoms with van der Waals surface area (Å²) in [6, 6.07) is -0.479. The van der Waals surface area contributed by atoms with E-state index in [2.05, 4.69) is 5.32 Å².